The fraction of sp³-hybridized carbons (Fsp3) is 0.647. The second-order valence-electron chi connectivity index (χ2n) is 6.42. The van der Waals surface area contributed by atoms with Crippen LogP contribution in [0.2, 0.25) is 0 Å². The maximum Gasteiger partial charge on any atom is 0.126 e. The largest absolute Gasteiger partial charge is 0.490 e. The van der Waals surface area contributed by atoms with Gasteiger partial charge in [0.1, 0.15) is 17.7 Å². The number of benzene rings is 1. The van der Waals surface area contributed by atoms with E-state index in [2.05, 4.69) is 0 Å². The number of rotatable bonds is 2. The zero-order valence-electron chi connectivity index (χ0n) is 12.1. The maximum atomic E-state index is 13.3. The molecule has 3 heteroatoms. The van der Waals surface area contributed by atoms with Crippen molar-refractivity contribution >= 4 is 0 Å². The van der Waals surface area contributed by atoms with E-state index in [4.69, 9.17) is 4.74 Å². The molecule has 0 aliphatic heterocycles. The van der Waals surface area contributed by atoms with Gasteiger partial charge >= 0.3 is 0 Å². The Morgan fingerprint density at radius 3 is 2.50 bits per heavy atom. The minimum Gasteiger partial charge on any atom is -0.490 e. The number of ether oxygens (including phenoxy) is 1. The molecule has 3 rings (SSSR count). The maximum absolute atomic E-state index is 13.3. The molecule has 2 aliphatic rings. The summed E-state index contributed by atoms with van der Waals surface area (Å²) in [4.78, 5) is 0. The summed E-state index contributed by atoms with van der Waals surface area (Å²) in [6.07, 6.45) is 7.55. The van der Waals surface area contributed by atoms with Crippen LogP contribution in [0.3, 0.4) is 0 Å². The quantitative estimate of drug-likeness (QED) is 0.886. The Morgan fingerprint density at radius 2 is 1.90 bits per heavy atom. The molecule has 0 bridgehead atoms. The van der Waals surface area contributed by atoms with Gasteiger partial charge in [0.25, 0.3) is 0 Å². The average molecular weight is 278 g/mol. The van der Waals surface area contributed by atoms with E-state index in [1.165, 1.54) is 31.7 Å². The van der Waals surface area contributed by atoms with Gasteiger partial charge in [-0.25, -0.2) is 4.39 Å². The van der Waals surface area contributed by atoms with Crippen LogP contribution in [0, 0.1) is 18.2 Å². The topological polar surface area (TPSA) is 29.5 Å². The van der Waals surface area contributed by atoms with Gasteiger partial charge in [0.2, 0.25) is 0 Å². The van der Waals surface area contributed by atoms with E-state index >= 15 is 0 Å². The second-order valence-corrected chi connectivity index (χ2v) is 6.42. The molecule has 2 aliphatic carbocycles. The molecule has 2 nitrogen and oxygen atoms in total. The van der Waals surface area contributed by atoms with Crippen molar-refractivity contribution in [3.05, 3.63) is 29.6 Å². The molecule has 1 aromatic rings. The van der Waals surface area contributed by atoms with Crippen LogP contribution in [0.15, 0.2) is 18.2 Å². The molecule has 110 valence electrons. The Bertz CT molecular complexity index is 478. The van der Waals surface area contributed by atoms with E-state index in [1.54, 1.807) is 19.1 Å². The first-order valence-corrected chi connectivity index (χ1v) is 7.73. The highest BCUT2D eigenvalue weighted by Crippen LogP contribution is 2.52. The zero-order valence-corrected chi connectivity index (χ0v) is 12.1. The van der Waals surface area contributed by atoms with Crippen molar-refractivity contribution in [2.24, 2.45) is 5.41 Å². The van der Waals surface area contributed by atoms with Gasteiger partial charge < -0.3 is 9.84 Å². The molecule has 2 saturated carbocycles. The summed E-state index contributed by atoms with van der Waals surface area (Å²) in [5, 5.41) is 10.3. The molecule has 2 fully saturated rings. The zero-order chi connectivity index (χ0) is 14.2. The lowest BCUT2D eigenvalue weighted by atomic mass is 9.59. The molecule has 0 aromatic heterocycles. The van der Waals surface area contributed by atoms with E-state index in [9.17, 15) is 9.50 Å². The average Bonchev–Trinajstić information content (AvgIpc) is 2.70. The van der Waals surface area contributed by atoms with Crippen LogP contribution in [0.4, 0.5) is 4.39 Å². The standard InChI is InChI=1S/C17H23FO2/c1-12-10-13(6-7-14(12)18)20-16-11-15(19)17(16)8-4-2-3-5-9-17/h6-7,10,15-16,19H,2-5,8-9,11H2,1H3. The van der Waals surface area contributed by atoms with Gasteiger partial charge in [-0.2, -0.15) is 0 Å². The first-order valence-electron chi connectivity index (χ1n) is 7.73. The summed E-state index contributed by atoms with van der Waals surface area (Å²) >= 11 is 0. The Hall–Kier alpha value is -1.09. The van der Waals surface area contributed by atoms with Gasteiger partial charge in [-0.05, 0) is 43.5 Å². The number of halogens is 1. The van der Waals surface area contributed by atoms with Crippen molar-refractivity contribution in [2.75, 3.05) is 0 Å². The Kier molecular flexibility index (Phi) is 3.72. The minimum absolute atomic E-state index is 0.0568. The minimum atomic E-state index is -0.229. The van der Waals surface area contributed by atoms with E-state index in [1.807, 2.05) is 0 Å². The summed E-state index contributed by atoms with van der Waals surface area (Å²) in [6, 6.07) is 4.90. The van der Waals surface area contributed by atoms with E-state index < -0.39 is 0 Å². The van der Waals surface area contributed by atoms with Crippen LogP contribution in [0.25, 0.3) is 0 Å². The lowest BCUT2D eigenvalue weighted by Gasteiger charge is -2.53. The summed E-state index contributed by atoms with van der Waals surface area (Å²) in [6.45, 7) is 1.75. The highest BCUT2D eigenvalue weighted by atomic mass is 19.1. The number of hydrogen-bond acceptors (Lipinski definition) is 2. The molecule has 0 saturated heterocycles. The summed E-state index contributed by atoms with van der Waals surface area (Å²) < 4.78 is 19.4. The lowest BCUT2D eigenvalue weighted by molar-refractivity contribution is -0.163. The number of aliphatic hydroxyl groups is 1. The fourth-order valence-electron chi connectivity index (χ4n) is 3.79. The molecular weight excluding hydrogens is 255 g/mol. The van der Waals surface area contributed by atoms with Crippen molar-refractivity contribution in [3.63, 3.8) is 0 Å². The van der Waals surface area contributed by atoms with Gasteiger partial charge in [-0.15, -0.1) is 0 Å². The van der Waals surface area contributed by atoms with Crippen molar-refractivity contribution in [1.29, 1.82) is 0 Å². The van der Waals surface area contributed by atoms with Crippen LogP contribution >= 0.6 is 0 Å². The third kappa shape index (κ3) is 2.32. The first-order chi connectivity index (χ1) is 9.62. The third-order valence-electron chi connectivity index (χ3n) is 5.18. The summed E-state index contributed by atoms with van der Waals surface area (Å²) in [5.41, 5.74) is 0.552. The molecule has 2 atom stereocenters. The van der Waals surface area contributed by atoms with Crippen LogP contribution < -0.4 is 4.74 Å². The van der Waals surface area contributed by atoms with Crippen LogP contribution in [-0.4, -0.2) is 17.3 Å². The SMILES string of the molecule is Cc1cc(OC2CC(O)C23CCCCCC3)ccc1F. The van der Waals surface area contributed by atoms with Gasteiger partial charge in [-0.1, -0.05) is 25.7 Å². The van der Waals surface area contributed by atoms with Crippen LogP contribution in [0.5, 0.6) is 5.75 Å². The second kappa shape index (κ2) is 5.36. The molecule has 1 aromatic carbocycles. The van der Waals surface area contributed by atoms with Crippen molar-refractivity contribution in [3.8, 4) is 5.75 Å². The normalized spacial score (nSPS) is 28.8. The number of aliphatic hydroxyl groups excluding tert-OH is 1. The van der Waals surface area contributed by atoms with Crippen molar-refractivity contribution in [2.45, 2.75) is 64.1 Å². The molecule has 2 unspecified atom stereocenters. The van der Waals surface area contributed by atoms with Crippen molar-refractivity contribution in [1.82, 2.24) is 0 Å². The van der Waals surface area contributed by atoms with Gasteiger partial charge in [0.15, 0.2) is 0 Å². The van der Waals surface area contributed by atoms with Gasteiger partial charge in [-0.3, -0.25) is 0 Å². The number of hydrogen-bond donors (Lipinski definition) is 1. The van der Waals surface area contributed by atoms with Crippen LogP contribution in [0.1, 0.15) is 50.5 Å². The van der Waals surface area contributed by atoms with Crippen LogP contribution in [-0.2, 0) is 0 Å². The first kappa shape index (κ1) is 13.9. The molecule has 0 amide bonds. The third-order valence-corrected chi connectivity index (χ3v) is 5.18. The predicted octanol–water partition coefficient (Wildman–Crippen LogP) is 3.99. The highest BCUT2D eigenvalue weighted by Gasteiger charge is 2.55. The van der Waals surface area contributed by atoms with Gasteiger partial charge in [0, 0.05) is 11.8 Å². The lowest BCUT2D eigenvalue weighted by Crippen LogP contribution is -2.59. The van der Waals surface area contributed by atoms with E-state index in [-0.39, 0.29) is 23.4 Å². The van der Waals surface area contributed by atoms with Crippen molar-refractivity contribution < 1.29 is 14.2 Å². The summed E-state index contributed by atoms with van der Waals surface area (Å²) in [5.74, 6) is 0.527. The molecule has 0 heterocycles. The molecule has 1 spiro atoms. The Morgan fingerprint density at radius 1 is 1.20 bits per heavy atom. The highest BCUT2D eigenvalue weighted by molar-refractivity contribution is 5.29. The van der Waals surface area contributed by atoms with E-state index in [0.29, 0.717) is 12.0 Å². The number of aryl methyl sites for hydroxylation is 1. The monoisotopic (exact) mass is 278 g/mol. The Balaban J connectivity index is 1.75. The smallest absolute Gasteiger partial charge is 0.126 e. The Labute approximate surface area is 120 Å². The summed E-state index contributed by atoms with van der Waals surface area (Å²) in [7, 11) is 0. The molecule has 0 radical (unpaired) electrons. The molecule has 20 heavy (non-hydrogen) atoms. The fourth-order valence-corrected chi connectivity index (χ4v) is 3.79. The predicted molar refractivity (Wildman–Crippen MR) is 76.3 cm³/mol. The van der Waals surface area contributed by atoms with Gasteiger partial charge in [0.05, 0.1) is 6.10 Å². The van der Waals surface area contributed by atoms with E-state index in [0.717, 1.165) is 18.6 Å². The molecule has 1 N–H and O–H groups in total. The molecular formula is C17H23FO2.